The normalized spacial score (nSPS) is 10.8. The summed E-state index contributed by atoms with van der Waals surface area (Å²) >= 11 is 12.4. The fourth-order valence-electron chi connectivity index (χ4n) is 2.70. The molecular weight excluding hydrogens is 397 g/mol. The van der Waals surface area contributed by atoms with Crippen molar-refractivity contribution in [2.24, 2.45) is 0 Å². The Labute approximate surface area is 171 Å². The van der Waals surface area contributed by atoms with Crippen LogP contribution in [0.1, 0.15) is 5.56 Å². The van der Waals surface area contributed by atoms with Gasteiger partial charge in [0.1, 0.15) is 30.3 Å². The van der Waals surface area contributed by atoms with Crippen LogP contribution >= 0.6 is 23.2 Å². The van der Waals surface area contributed by atoms with Gasteiger partial charge in [0.05, 0.1) is 16.7 Å². The average Bonchev–Trinajstić information content (AvgIpc) is 2.68. The monoisotopic (exact) mass is 411 g/mol. The first-order chi connectivity index (χ1) is 13.6. The van der Waals surface area contributed by atoms with Gasteiger partial charge in [0, 0.05) is 16.1 Å². The van der Waals surface area contributed by atoms with Crippen molar-refractivity contribution in [3.63, 3.8) is 0 Å². The van der Waals surface area contributed by atoms with Gasteiger partial charge in [0.2, 0.25) is 0 Å². The molecule has 0 saturated carbocycles. The molecule has 28 heavy (non-hydrogen) atoms. The molecule has 0 unspecified atom stereocenters. The van der Waals surface area contributed by atoms with E-state index in [2.05, 4.69) is 20.3 Å². The van der Waals surface area contributed by atoms with E-state index in [-0.39, 0.29) is 0 Å². The number of nitrogens with zero attached hydrogens (tertiary/aromatic N) is 3. The minimum absolute atomic E-state index is 0.371. The molecule has 0 fully saturated rings. The van der Waals surface area contributed by atoms with Crippen molar-refractivity contribution in [1.82, 2.24) is 15.0 Å². The highest BCUT2D eigenvalue weighted by atomic mass is 35.5. The highest BCUT2D eigenvalue weighted by Gasteiger charge is 2.08. The molecule has 6 nitrogen and oxygen atoms in total. The number of halogens is 2. The summed E-state index contributed by atoms with van der Waals surface area (Å²) in [5.41, 5.74) is 8.20. The second-order valence-corrected chi connectivity index (χ2v) is 6.88. The zero-order valence-electron chi connectivity index (χ0n) is 14.6. The van der Waals surface area contributed by atoms with Gasteiger partial charge in [-0.3, -0.25) is 0 Å². The number of pyridine rings is 1. The van der Waals surface area contributed by atoms with E-state index in [1.54, 1.807) is 24.4 Å². The standard InChI is InChI=1S/C20H15Cl2N5O/c21-13-3-1-2-12(6-13)10-28-18-5-4-14(7-16(18)22)27-20-15-8-19(23)24-9-17(15)25-11-26-20/h1-9,11H,10H2,(H2,23,24)(H,25,26,27). The highest BCUT2D eigenvalue weighted by molar-refractivity contribution is 6.32. The molecule has 0 aliphatic carbocycles. The summed E-state index contributed by atoms with van der Waals surface area (Å²) in [6, 6.07) is 14.6. The third-order valence-corrected chi connectivity index (χ3v) is 4.55. The van der Waals surface area contributed by atoms with Gasteiger partial charge in [-0.25, -0.2) is 15.0 Å². The maximum Gasteiger partial charge on any atom is 0.141 e. The molecule has 3 N–H and O–H groups in total. The number of benzene rings is 2. The lowest BCUT2D eigenvalue weighted by molar-refractivity contribution is 0.306. The molecule has 0 saturated heterocycles. The summed E-state index contributed by atoms with van der Waals surface area (Å²) in [4.78, 5) is 12.5. The second-order valence-electron chi connectivity index (χ2n) is 6.04. The molecule has 0 aliphatic heterocycles. The molecule has 0 spiro atoms. The molecule has 2 aromatic carbocycles. The number of anilines is 3. The first-order valence-electron chi connectivity index (χ1n) is 8.38. The van der Waals surface area contributed by atoms with E-state index in [0.29, 0.717) is 39.6 Å². The van der Waals surface area contributed by atoms with Crippen LogP contribution in [0.15, 0.2) is 61.1 Å². The zero-order chi connectivity index (χ0) is 19.5. The molecule has 4 aromatic rings. The Morgan fingerprint density at radius 2 is 1.89 bits per heavy atom. The van der Waals surface area contributed by atoms with Gasteiger partial charge in [-0.2, -0.15) is 0 Å². The van der Waals surface area contributed by atoms with Crippen molar-refractivity contribution in [1.29, 1.82) is 0 Å². The topological polar surface area (TPSA) is 86.0 Å². The fraction of sp³-hybridized carbons (Fsp3) is 0.0500. The number of hydrogen-bond acceptors (Lipinski definition) is 6. The molecule has 140 valence electrons. The first-order valence-corrected chi connectivity index (χ1v) is 9.14. The van der Waals surface area contributed by atoms with Gasteiger partial charge in [0.25, 0.3) is 0 Å². The summed E-state index contributed by atoms with van der Waals surface area (Å²) in [5.74, 6) is 1.59. The Bertz CT molecular complexity index is 1150. The van der Waals surface area contributed by atoms with Gasteiger partial charge in [-0.1, -0.05) is 35.3 Å². The number of fused-ring (bicyclic) bond motifs is 1. The summed E-state index contributed by atoms with van der Waals surface area (Å²) in [6.07, 6.45) is 3.07. The van der Waals surface area contributed by atoms with Crippen LogP contribution in [-0.4, -0.2) is 15.0 Å². The van der Waals surface area contributed by atoms with Crippen LogP contribution in [-0.2, 0) is 6.61 Å². The van der Waals surface area contributed by atoms with Crippen molar-refractivity contribution in [3.05, 3.63) is 76.7 Å². The zero-order valence-corrected chi connectivity index (χ0v) is 16.1. The highest BCUT2D eigenvalue weighted by Crippen LogP contribution is 2.31. The summed E-state index contributed by atoms with van der Waals surface area (Å²) < 4.78 is 5.80. The predicted molar refractivity (Wildman–Crippen MR) is 112 cm³/mol. The third-order valence-electron chi connectivity index (χ3n) is 4.02. The quantitative estimate of drug-likeness (QED) is 0.467. The Hall–Kier alpha value is -3.09. The van der Waals surface area contributed by atoms with Gasteiger partial charge in [-0.15, -0.1) is 0 Å². The Balaban J connectivity index is 1.53. The van der Waals surface area contributed by atoms with E-state index in [0.717, 1.165) is 16.6 Å². The van der Waals surface area contributed by atoms with Crippen LogP contribution in [0.5, 0.6) is 5.75 Å². The molecule has 0 radical (unpaired) electrons. The molecule has 0 bridgehead atoms. The Kier molecular flexibility index (Phi) is 5.14. The molecule has 8 heteroatoms. The Morgan fingerprint density at radius 3 is 2.71 bits per heavy atom. The van der Waals surface area contributed by atoms with Crippen molar-refractivity contribution >= 4 is 51.4 Å². The van der Waals surface area contributed by atoms with Crippen LogP contribution in [0.25, 0.3) is 10.9 Å². The van der Waals surface area contributed by atoms with Crippen LogP contribution in [0, 0.1) is 0 Å². The number of ether oxygens (including phenoxy) is 1. The largest absolute Gasteiger partial charge is 0.487 e. The van der Waals surface area contributed by atoms with Crippen LogP contribution in [0.2, 0.25) is 10.0 Å². The maximum absolute atomic E-state index is 6.38. The minimum atomic E-state index is 0.371. The van der Waals surface area contributed by atoms with E-state index in [1.165, 1.54) is 6.33 Å². The maximum atomic E-state index is 6.38. The number of rotatable bonds is 5. The smallest absolute Gasteiger partial charge is 0.141 e. The van der Waals surface area contributed by atoms with Crippen molar-refractivity contribution in [3.8, 4) is 5.75 Å². The minimum Gasteiger partial charge on any atom is -0.487 e. The lowest BCUT2D eigenvalue weighted by atomic mass is 10.2. The number of nitrogens with two attached hydrogens (primary N) is 1. The Morgan fingerprint density at radius 1 is 1.00 bits per heavy atom. The average molecular weight is 412 g/mol. The SMILES string of the molecule is Nc1cc2c(Nc3ccc(OCc4cccc(Cl)c4)c(Cl)c3)ncnc2cn1. The molecule has 0 amide bonds. The summed E-state index contributed by atoms with van der Waals surface area (Å²) in [5, 5.41) is 5.15. The molecule has 0 aliphatic rings. The molecular formula is C20H15Cl2N5O. The van der Waals surface area contributed by atoms with Crippen LogP contribution < -0.4 is 15.8 Å². The van der Waals surface area contributed by atoms with E-state index in [1.807, 2.05) is 30.3 Å². The molecule has 0 atom stereocenters. The number of nitrogen functional groups attached to an aromatic ring is 1. The lowest BCUT2D eigenvalue weighted by Gasteiger charge is -2.12. The van der Waals surface area contributed by atoms with Gasteiger partial charge >= 0.3 is 0 Å². The van der Waals surface area contributed by atoms with E-state index in [4.69, 9.17) is 33.7 Å². The van der Waals surface area contributed by atoms with E-state index in [9.17, 15) is 0 Å². The molecule has 2 aromatic heterocycles. The first kappa shape index (κ1) is 18.3. The van der Waals surface area contributed by atoms with Crippen molar-refractivity contribution in [2.75, 3.05) is 11.1 Å². The van der Waals surface area contributed by atoms with Crippen LogP contribution in [0.4, 0.5) is 17.3 Å². The molecule has 4 rings (SSSR count). The number of aromatic nitrogens is 3. The van der Waals surface area contributed by atoms with Gasteiger partial charge in [0.15, 0.2) is 0 Å². The second kappa shape index (κ2) is 7.88. The van der Waals surface area contributed by atoms with Crippen molar-refractivity contribution < 1.29 is 4.74 Å². The lowest BCUT2D eigenvalue weighted by Crippen LogP contribution is -1.99. The summed E-state index contributed by atoms with van der Waals surface area (Å²) in [6.45, 7) is 0.371. The predicted octanol–water partition coefficient (Wildman–Crippen LogP) is 5.24. The van der Waals surface area contributed by atoms with Crippen LogP contribution in [0.3, 0.4) is 0 Å². The number of nitrogens with one attached hydrogen (secondary N) is 1. The van der Waals surface area contributed by atoms with E-state index >= 15 is 0 Å². The third kappa shape index (κ3) is 4.08. The van der Waals surface area contributed by atoms with Gasteiger partial charge in [-0.05, 0) is 42.0 Å². The fourth-order valence-corrected chi connectivity index (χ4v) is 3.14. The summed E-state index contributed by atoms with van der Waals surface area (Å²) in [7, 11) is 0. The number of hydrogen-bond donors (Lipinski definition) is 2. The molecule has 2 heterocycles. The van der Waals surface area contributed by atoms with Crippen molar-refractivity contribution in [2.45, 2.75) is 6.61 Å². The van der Waals surface area contributed by atoms with E-state index < -0.39 is 0 Å². The van der Waals surface area contributed by atoms with Gasteiger partial charge < -0.3 is 15.8 Å².